The summed E-state index contributed by atoms with van der Waals surface area (Å²) in [5.41, 5.74) is 5.91. The minimum absolute atomic E-state index is 0.0346. The zero-order chi connectivity index (χ0) is 14.0. The predicted octanol–water partition coefficient (Wildman–Crippen LogP) is -0.407. The molecule has 2 rings (SSSR count). The molecule has 1 amide bonds. The number of amides is 1. The van der Waals surface area contributed by atoms with Crippen LogP contribution in [-0.4, -0.2) is 53.0 Å². The molecule has 1 fully saturated rings. The quantitative estimate of drug-likeness (QED) is 0.788. The highest BCUT2D eigenvalue weighted by Gasteiger charge is 2.24. The number of hydrogen-bond donors (Lipinski definition) is 1. The SMILES string of the molecule is CC1CN(C(=O)Cn2cc(N)ccc2=O)CCN1C. The van der Waals surface area contributed by atoms with Gasteiger partial charge in [-0.2, -0.15) is 0 Å². The molecule has 0 radical (unpaired) electrons. The van der Waals surface area contributed by atoms with Crippen LogP contribution in [0.15, 0.2) is 23.1 Å². The van der Waals surface area contributed by atoms with E-state index in [1.54, 1.807) is 11.0 Å². The minimum Gasteiger partial charge on any atom is -0.398 e. The molecule has 1 aliphatic rings. The van der Waals surface area contributed by atoms with Gasteiger partial charge in [-0.05, 0) is 20.0 Å². The molecule has 2 N–H and O–H groups in total. The number of carbonyl (C=O) groups is 1. The van der Waals surface area contributed by atoms with Crippen molar-refractivity contribution in [2.45, 2.75) is 19.5 Å². The standard InChI is InChI=1S/C13H20N4O2/c1-10-7-16(6-5-15(10)2)13(19)9-17-8-11(14)3-4-12(17)18/h3-4,8,10H,5-7,9,14H2,1-2H3. The van der Waals surface area contributed by atoms with Crippen LogP contribution in [-0.2, 0) is 11.3 Å². The second-order valence-corrected chi connectivity index (χ2v) is 5.10. The van der Waals surface area contributed by atoms with E-state index < -0.39 is 0 Å². The number of nitrogens with zero attached hydrogens (tertiary/aromatic N) is 3. The van der Waals surface area contributed by atoms with Gasteiger partial charge in [-0.15, -0.1) is 0 Å². The molecule has 0 saturated carbocycles. The van der Waals surface area contributed by atoms with E-state index in [4.69, 9.17) is 5.73 Å². The first-order valence-corrected chi connectivity index (χ1v) is 6.41. The summed E-state index contributed by atoms with van der Waals surface area (Å²) in [6.07, 6.45) is 1.51. The molecule has 104 valence electrons. The van der Waals surface area contributed by atoms with E-state index >= 15 is 0 Å². The third kappa shape index (κ3) is 3.14. The summed E-state index contributed by atoms with van der Waals surface area (Å²) in [7, 11) is 2.05. The Bertz CT molecular complexity index is 526. The maximum absolute atomic E-state index is 12.2. The van der Waals surface area contributed by atoms with Crippen molar-refractivity contribution < 1.29 is 4.79 Å². The summed E-state index contributed by atoms with van der Waals surface area (Å²) >= 11 is 0. The molecule has 19 heavy (non-hydrogen) atoms. The molecule has 2 heterocycles. The van der Waals surface area contributed by atoms with E-state index in [0.717, 1.165) is 6.54 Å². The summed E-state index contributed by atoms with van der Waals surface area (Å²) in [4.78, 5) is 27.8. The Morgan fingerprint density at radius 2 is 2.16 bits per heavy atom. The number of nitrogen functional groups attached to an aromatic ring is 1. The van der Waals surface area contributed by atoms with Crippen LogP contribution >= 0.6 is 0 Å². The van der Waals surface area contributed by atoms with Gasteiger partial charge in [-0.1, -0.05) is 0 Å². The highest BCUT2D eigenvalue weighted by molar-refractivity contribution is 5.76. The Kier molecular flexibility index (Phi) is 3.90. The largest absolute Gasteiger partial charge is 0.398 e. The lowest BCUT2D eigenvalue weighted by Crippen LogP contribution is -2.53. The third-order valence-electron chi connectivity index (χ3n) is 3.62. The van der Waals surface area contributed by atoms with Crippen LogP contribution in [0.4, 0.5) is 5.69 Å². The van der Waals surface area contributed by atoms with Crippen LogP contribution in [0.5, 0.6) is 0 Å². The highest BCUT2D eigenvalue weighted by atomic mass is 16.2. The summed E-state index contributed by atoms with van der Waals surface area (Å²) < 4.78 is 1.36. The first-order chi connectivity index (χ1) is 8.97. The molecule has 0 aliphatic carbocycles. The molecule has 1 saturated heterocycles. The highest BCUT2D eigenvalue weighted by Crippen LogP contribution is 2.08. The first-order valence-electron chi connectivity index (χ1n) is 6.41. The second kappa shape index (κ2) is 5.44. The van der Waals surface area contributed by atoms with Crippen LogP contribution in [0, 0.1) is 0 Å². The van der Waals surface area contributed by atoms with Crippen molar-refractivity contribution in [1.82, 2.24) is 14.4 Å². The van der Waals surface area contributed by atoms with Gasteiger partial charge in [0.2, 0.25) is 5.91 Å². The molecule has 1 aromatic heterocycles. The Balaban J connectivity index is 2.05. The van der Waals surface area contributed by atoms with Gasteiger partial charge in [0.25, 0.3) is 5.56 Å². The van der Waals surface area contributed by atoms with Crippen molar-refractivity contribution in [3.05, 3.63) is 28.7 Å². The van der Waals surface area contributed by atoms with Crippen molar-refractivity contribution in [1.29, 1.82) is 0 Å². The smallest absolute Gasteiger partial charge is 0.251 e. The number of piperazine rings is 1. The molecule has 1 aliphatic heterocycles. The summed E-state index contributed by atoms with van der Waals surface area (Å²) in [5, 5.41) is 0. The Morgan fingerprint density at radius 1 is 1.42 bits per heavy atom. The number of rotatable bonds is 2. The van der Waals surface area contributed by atoms with E-state index in [0.29, 0.717) is 24.8 Å². The number of aromatic nitrogens is 1. The number of nitrogens with two attached hydrogens (primary N) is 1. The van der Waals surface area contributed by atoms with Crippen molar-refractivity contribution in [3.8, 4) is 0 Å². The first kappa shape index (κ1) is 13.6. The Labute approximate surface area is 112 Å². The van der Waals surface area contributed by atoms with Gasteiger partial charge in [0.1, 0.15) is 6.54 Å². The van der Waals surface area contributed by atoms with Crippen LogP contribution in [0.2, 0.25) is 0 Å². The zero-order valence-electron chi connectivity index (χ0n) is 11.4. The summed E-state index contributed by atoms with van der Waals surface area (Å²) in [6, 6.07) is 3.27. The van der Waals surface area contributed by atoms with Gasteiger partial charge in [0, 0.05) is 43.6 Å². The van der Waals surface area contributed by atoms with Gasteiger partial charge in [-0.3, -0.25) is 9.59 Å². The Morgan fingerprint density at radius 3 is 2.84 bits per heavy atom. The average molecular weight is 264 g/mol. The van der Waals surface area contributed by atoms with Crippen LogP contribution < -0.4 is 11.3 Å². The van der Waals surface area contributed by atoms with E-state index in [2.05, 4.69) is 18.9 Å². The summed E-state index contributed by atoms with van der Waals surface area (Å²) in [6.45, 7) is 4.41. The molecule has 0 spiro atoms. The van der Waals surface area contributed by atoms with Gasteiger partial charge in [0.15, 0.2) is 0 Å². The average Bonchev–Trinajstić information content (AvgIpc) is 2.37. The zero-order valence-corrected chi connectivity index (χ0v) is 11.4. The molecule has 1 unspecified atom stereocenters. The van der Waals surface area contributed by atoms with Crippen molar-refractivity contribution in [3.63, 3.8) is 0 Å². The van der Waals surface area contributed by atoms with Gasteiger partial charge >= 0.3 is 0 Å². The lowest BCUT2D eigenvalue weighted by Gasteiger charge is -2.37. The monoisotopic (exact) mass is 264 g/mol. The predicted molar refractivity (Wildman–Crippen MR) is 73.8 cm³/mol. The third-order valence-corrected chi connectivity index (χ3v) is 3.62. The lowest BCUT2D eigenvalue weighted by atomic mass is 10.2. The molecular formula is C13H20N4O2. The van der Waals surface area contributed by atoms with Crippen LogP contribution in [0.3, 0.4) is 0 Å². The van der Waals surface area contributed by atoms with Crippen LogP contribution in [0.25, 0.3) is 0 Å². The molecule has 0 bridgehead atoms. The topological polar surface area (TPSA) is 71.6 Å². The second-order valence-electron chi connectivity index (χ2n) is 5.10. The minimum atomic E-state index is -0.204. The van der Waals surface area contributed by atoms with E-state index in [-0.39, 0.29) is 18.0 Å². The molecule has 1 atom stereocenters. The molecule has 6 heteroatoms. The van der Waals surface area contributed by atoms with Gasteiger partial charge in [0.05, 0.1) is 0 Å². The van der Waals surface area contributed by atoms with E-state index in [1.165, 1.54) is 16.8 Å². The normalized spacial score (nSPS) is 20.5. The van der Waals surface area contributed by atoms with Crippen LogP contribution in [0.1, 0.15) is 6.92 Å². The number of pyridine rings is 1. The van der Waals surface area contributed by atoms with Gasteiger partial charge in [-0.25, -0.2) is 0 Å². The van der Waals surface area contributed by atoms with E-state index in [9.17, 15) is 9.59 Å². The fraction of sp³-hybridized carbons (Fsp3) is 0.538. The fourth-order valence-corrected chi connectivity index (χ4v) is 2.19. The fourth-order valence-electron chi connectivity index (χ4n) is 2.19. The van der Waals surface area contributed by atoms with Crippen molar-refractivity contribution >= 4 is 11.6 Å². The van der Waals surface area contributed by atoms with E-state index in [1.807, 2.05) is 0 Å². The Hall–Kier alpha value is -1.82. The molecule has 0 aromatic carbocycles. The molecular weight excluding hydrogens is 244 g/mol. The van der Waals surface area contributed by atoms with Crippen molar-refractivity contribution in [2.24, 2.45) is 0 Å². The summed E-state index contributed by atoms with van der Waals surface area (Å²) in [5.74, 6) is -0.0346. The molecule has 6 nitrogen and oxygen atoms in total. The lowest BCUT2D eigenvalue weighted by molar-refractivity contribution is -0.134. The number of carbonyl (C=O) groups excluding carboxylic acids is 1. The molecule has 1 aromatic rings. The number of likely N-dealkylation sites (N-methyl/N-ethyl adjacent to an activating group) is 1. The number of hydrogen-bond acceptors (Lipinski definition) is 4. The number of anilines is 1. The van der Waals surface area contributed by atoms with Crippen molar-refractivity contribution in [2.75, 3.05) is 32.4 Å². The maximum Gasteiger partial charge on any atom is 0.251 e. The maximum atomic E-state index is 12.2. The van der Waals surface area contributed by atoms with Gasteiger partial charge < -0.3 is 20.1 Å².